The van der Waals surface area contributed by atoms with E-state index in [0.717, 1.165) is 48.0 Å². The predicted molar refractivity (Wildman–Crippen MR) is 180 cm³/mol. The van der Waals surface area contributed by atoms with E-state index in [4.69, 9.17) is 14.6 Å². The molecule has 4 nitrogen and oxygen atoms in total. The van der Waals surface area contributed by atoms with Crippen molar-refractivity contribution in [2.75, 3.05) is 53.4 Å². The van der Waals surface area contributed by atoms with Gasteiger partial charge in [-0.25, -0.2) is 0 Å². The molecule has 1 N–H and O–H groups in total. The van der Waals surface area contributed by atoms with Crippen LogP contribution in [0, 0.1) is 10.8 Å². The van der Waals surface area contributed by atoms with Crippen molar-refractivity contribution in [1.82, 2.24) is 0 Å². The molecule has 2 aliphatic rings. The number of aliphatic hydroxyl groups excluding tert-OH is 1. The number of benzene rings is 2. The highest BCUT2D eigenvalue weighted by molar-refractivity contribution is 7.36. The number of hydrogen-bond acceptors (Lipinski definition) is 4. The molecule has 0 amide bonds. The minimum atomic E-state index is 0.139. The van der Waals surface area contributed by atoms with Gasteiger partial charge in [0, 0.05) is 24.5 Å². The summed E-state index contributed by atoms with van der Waals surface area (Å²) < 4.78 is 14.7. The van der Waals surface area contributed by atoms with Gasteiger partial charge in [-0.15, -0.1) is 8.58 Å². The first-order valence-corrected chi connectivity index (χ1v) is 17.7. The molecule has 5 heteroatoms. The first-order valence-electron chi connectivity index (χ1n) is 16.0. The highest BCUT2D eigenvalue weighted by atomic mass is 31.1. The second-order valence-corrected chi connectivity index (χ2v) is 12.6. The van der Waals surface area contributed by atoms with Gasteiger partial charge in [-0.1, -0.05) is 95.5 Å². The second-order valence-electron chi connectivity index (χ2n) is 11.6. The maximum absolute atomic E-state index is 8.76. The summed E-state index contributed by atoms with van der Waals surface area (Å²) in [5.74, 6) is 0. The van der Waals surface area contributed by atoms with Crippen LogP contribution in [0.3, 0.4) is 0 Å². The van der Waals surface area contributed by atoms with E-state index in [0.29, 0.717) is 5.41 Å². The van der Waals surface area contributed by atoms with Crippen LogP contribution in [0.2, 0.25) is 0 Å². The third-order valence-electron chi connectivity index (χ3n) is 8.26. The Balaban J connectivity index is 0.000000319. The standard InChI is InChI=1S/C18H23P.C9H18O.C6H12O2.C3H8O/c1-3-4-5-15-6-10-17(11-7-15)18-12-8-16(9-13-18)14-19-2;1-3-5-6-9(4-2)7-10-8-9;1-2-6(3-7)4-8-5-6;1-3-4-2/h6-13,19H,3-5,14H2,1-2H3;3-8H2,1-2H3;7H,2-5H2,1H3;3H2,1-2H3. The van der Waals surface area contributed by atoms with E-state index in [1.807, 2.05) is 6.92 Å². The van der Waals surface area contributed by atoms with E-state index in [1.54, 1.807) is 7.11 Å². The highest BCUT2D eigenvalue weighted by Crippen LogP contribution is 2.36. The van der Waals surface area contributed by atoms with Crippen LogP contribution in [0.4, 0.5) is 0 Å². The molecular formula is C36H61O4P. The van der Waals surface area contributed by atoms with Crippen LogP contribution in [0.1, 0.15) is 90.7 Å². The van der Waals surface area contributed by atoms with E-state index < -0.39 is 0 Å². The lowest BCUT2D eigenvalue weighted by Gasteiger charge is -2.41. The number of hydrogen-bond donors (Lipinski definition) is 1. The van der Waals surface area contributed by atoms with Crippen LogP contribution >= 0.6 is 8.58 Å². The second kappa shape index (κ2) is 22.3. The van der Waals surface area contributed by atoms with Gasteiger partial charge in [-0.3, -0.25) is 0 Å². The van der Waals surface area contributed by atoms with Gasteiger partial charge in [0.1, 0.15) is 0 Å². The van der Waals surface area contributed by atoms with Crippen molar-refractivity contribution in [3.05, 3.63) is 59.7 Å². The van der Waals surface area contributed by atoms with Crippen molar-refractivity contribution >= 4 is 8.58 Å². The fourth-order valence-electron chi connectivity index (χ4n) is 4.53. The Hall–Kier alpha value is -1.29. The topological polar surface area (TPSA) is 47.9 Å². The lowest BCUT2D eigenvalue weighted by molar-refractivity contribution is -0.138. The van der Waals surface area contributed by atoms with E-state index in [2.05, 4.69) is 87.6 Å². The Labute approximate surface area is 254 Å². The van der Waals surface area contributed by atoms with E-state index >= 15 is 0 Å². The van der Waals surface area contributed by atoms with Crippen molar-refractivity contribution in [2.45, 2.75) is 92.1 Å². The van der Waals surface area contributed by atoms with Crippen molar-refractivity contribution < 1.29 is 19.3 Å². The third-order valence-corrected chi connectivity index (χ3v) is 9.02. The summed E-state index contributed by atoms with van der Waals surface area (Å²) in [6.45, 7) is 17.7. The number of rotatable bonds is 13. The zero-order chi connectivity index (χ0) is 30.4. The molecule has 41 heavy (non-hydrogen) atoms. The molecule has 0 aliphatic carbocycles. The van der Waals surface area contributed by atoms with Crippen LogP contribution in [0.5, 0.6) is 0 Å². The van der Waals surface area contributed by atoms with Gasteiger partial charge in [-0.05, 0) is 74.1 Å². The first kappa shape index (κ1) is 37.7. The van der Waals surface area contributed by atoms with Crippen LogP contribution in [-0.4, -0.2) is 58.5 Å². The van der Waals surface area contributed by atoms with Crippen molar-refractivity contribution in [3.8, 4) is 11.1 Å². The summed E-state index contributed by atoms with van der Waals surface area (Å²) in [4.78, 5) is 0. The van der Waals surface area contributed by atoms with Gasteiger partial charge in [0.25, 0.3) is 0 Å². The lowest BCUT2D eigenvalue weighted by Crippen LogP contribution is -2.44. The molecule has 2 aromatic rings. The van der Waals surface area contributed by atoms with Gasteiger partial charge in [0.05, 0.1) is 33.0 Å². The normalized spacial score (nSPS) is 16.2. The molecule has 1 atom stereocenters. The molecule has 2 heterocycles. The number of methoxy groups -OCH3 is 1. The number of aliphatic hydroxyl groups is 1. The fraction of sp³-hybridized carbons (Fsp3) is 0.667. The van der Waals surface area contributed by atoms with Gasteiger partial charge in [0.15, 0.2) is 0 Å². The van der Waals surface area contributed by atoms with E-state index in [1.165, 1.54) is 73.4 Å². The van der Waals surface area contributed by atoms with Gasteiger partial charge in [0.2, 0.25) is 0 Å². The SMILES string of the molecule is CCC1(CO)COC1.CCCCC1(CC)COC1.CCCCc1ccc(-c2ccc(CPC)cc2)cc1.CCOC. The summed E-state index contributed by atoms with van der Waals surface area (Å²) in [7, 11) is 2.68. The van der Waals surface area contributed by atoms with Crippen LogP contribution < -0.4 is 0 Å². The maximum atomic E-state index is 8.76. The highest BCUT2D eigenvalue weighted by Gasteiger charge is 2.36. The largest absolute Gasteiger partial charge is 0.396 e. The zero-order valence-electron chi connectivity index (χ0n) is 27.4. The smallest absolute Gasteiger partial charge is 0.0566 e. The average molecular weight is 589 g/mol. The van der Waals surface area contributed by atoms with Crippen molar-refractivity contribution in [3.63, 3.8) is 0 Å². The molecule has 4 rings (SSSR count). The molecule has 2 fully saturated rings. The quantitative estimate of drug-likeness (QED) is 0.237. The Morgan fingerprint density at radius 1 is 0.732 bits per heavy atom. The number of ether oxygens (including phenoxy) is 3. The molecule has 2 saturated heterocycles. The summed E-state index contributed by atoms with van der Waals surface area (Å²) in [6, 6.07) is 18.1. The Kier molecular flexibility index (Phi) is 20.5. The number of aryl methyl sites for hydroxylation is 1. The summed E-state index contributed by atoms with van der Waals surface area (Å²) in [5.41, 5.74) is 6.28. The Bertz CT molecular complexity index is 852. The van der Waals surface area contributed by atoms with Gasteiger partial charge < -0.3 is 19.3 Å². The summed E-state index contributed by atoms with van der Waals surface area (Å²) >= 11 is 0. The molecular weight excluding hydrogens is 527 g/mol. The first-order chi connectivity index (χ1) is 19.9. The van der Waals surface area contributed by atoms with Crippen LogP contribution in [0.25, 0.3) is 11.1 Å². The average Bonchev–Trinajstić information content (AvgIpc) is 2.98. The molecule has 0 spiro atoms. The van der Waals surface area contributed by atoms with Gasteiger partial charge in [-0.2, -0.15) is 0 Å². The minimum Gasteiger partial charge on any atom is -0.396 e. The maximum Gasteiger partial charge on any atom is 0.0566 e. The van der Waals surface area contributed by atoms with E-state index in [-0.39, 0.29) is 12.0 Å². The molecule has 0 aromatic heterocycles. The monoisotopic (exact) mass is 588 g/mol. The Morgan fingerprint density at radius 3 is 1.49 bits per heavy atom. The van der Waals surface area contributed by atoms with Crippen molar-refractivity contribution in [2.24, 2.45) is 10.8 Å². The third kappa shape index (κ3) is 14.2. The molecule has 234 valence electrons. The minimum absolute atomic E-state index is 0.139. The van der Waals surface area contributed by atoms with Crippen LogP contribution in [-0.2, 0) is 26.8 Å². The van der Waals surface area contributed by atoms with Crippen LogP contribution in [0.15, 0.2) is 48.5 Å². The molecule has 0 saturated carbocycles. The lowest BCUT2D eigenvalue weighted by atomic mass is 9.79. The zero-order valence-corrected chi connectivity index (χ0v) is 28.4. The van der Waals surface area contributed by atoms with Gasteiger partial charge >= 0.3 is 0 Å². The van der Waals surface area contributed by atoms with E-state index in [9.17, 15) is 0 Å². The van der Waals surface area contributed by atoms with Crippen molar-refractivity contribution in [1.29, 1.82) is 0 Å². The molecule has 0 radical (unpaired) electrons. The predicted octanol–water partition coefficient (Wildman–Crippen LogP) is 9.17. The summed E-state index contributed by atoms with van der Waals surface area (Å²) in [6.07, 6.45) is 11.4. The molecule has 2 aromatic carbocycles. The molecule has 2 aliphatic heterocycles. The number of unbranched alkanes of at least 4 members (excludes halogenated alkanes) is 2. The molecule has 0 bridgehead atoms. The molecule has 1 unspecified atom stereocenters. The summed E-state index contributed by atoms with van der Waals surface area (Å²) in [5, 5.41) is 8.76. The Morgan fingerprint density at radius 2 is 1.20 bits per heavy atom. The fourth-order valence-corrected chi connectivity index (χ4v) is 5.17.